The standard InChI is InChI=1S/C32H34N4O3/c1-38-32(37)28-11-10-24(16-30(28)39-25-15-23-12-13-33-31(23)34-17-25)36-19-21(20-36)18-35-14-4-7-29(35)27-6-3-2-5-26(27)22-8-9-22/h2-3,5-6,10-13,15-17,21-22,29H,4,7-9,14,18-20H2,1H3,(H,33,34). The molecule has 7 rings (SSSR count). The van der Waals surface area contributed by atoms with Crippen molar-refractivity contribution in [2.75, 3.05) is 38.2 Å². The van der Waals surface area contributed by atoms with Crippen molar-refractivity contribution in [1.82, 2.24) is 14.9 Å². The van der Waals surface area contributed by atoms with E-state index in [4.69, 9.17) is 9.47 Å². The van der Waals surface area contributed by atoms with Crippen molar-refractivity contribution in [3.8, 4) is 11.5 Å². The van der Waals surface area contributed by atoms with Gasteiger partial charge in [0, 0.05) is 54.9 Å². The number of esters is 1. The van der Waals surface area contributed by atoms with Crippen molar-refractivity contribution in [2.45, 2.75) is 37.6 Å². The normalized spacial score (nSPS) is 19.8. The first kappa shape index (κ1) is 24.2. The van der Waals surface area contributed by atoms with Gasteiger partial charge in [-0.3, -0.25) is 4.90 Å². The zero-order valence-electron chi connectivity index (χ0n) is 22.3. The molecule has 0 amide bonds. The average molecular weight is 523 g/mol. The number of ether oxygens (including phenoxy) is 2. The smallest absolute Gasteiger partial charge is 0.341 e. The number of aromatic nitrogens is 2. The fraction of sp³-hybridized carbons (Fsp3) is 0.375. The van der Waals surface area contributed by atoms with Crippen molar-refractivity contribution in [3.63, 3.8) is 0 Å². The molecular weight excluding hydrogens is 488 g/mol. The molecule has 1 N–H and O–H groups in total. The molecule has 3 fully saturated rings. The number of hydrogen-bond acceptors (Lipinski definition) is 6. The molecule has 39 heavy (non-hydrogen) atoms. The van der Waals surface area contributed by atoms with Gasteiger partial charge in [-0.1, -0.05) is 24.3 Å². The summed E-state index contributed by atoms with van der Waals surface area (Å²) in [7, 11) is 1.39. The Morgan fingerprint density at radius 3 is 2.72 bits per heavy atom. The summed E-state index contributed by atoms with van der Waals surface area (Å²) in [6.45, 7) is 4.32. The van der Waals surface area contributed by atoms with Crippen LogP contribution < -0.4 is 9.64 Å². The lowest BCUT2D eigenvalue weighted by atomic mass is 9.93. The molecule has 2 aromatic carbocycles. The Morgan fingerprint density at radius 1 is 1.05 bits per heavy atom. The zero-order valence-corrected chi connectivity index (χ0v) is 22.3. The number of anilines is 1. The molecule has 2 aliphatic heterocycles. The van der Waals surface area contributed by atoms with Crippen LogP contribution in [0.25, 0.3) is 11.0 Å². The number of likely N-dealkylation sites (tertiary alicyclic amines) is 1. The molecule has 3 aliphatic rings. The maximum Gasteiger partial charge on any atom is 0.341 e. The lowest BCUT2D eigenvalue weighted by molar-refractivity contribution is 0.0598. The van der Waals surface area contributed by atoms with Gasteiger partial charge in [-0.15, -0.1) is 0 Å². The summed E-state index contributed by atoms with van der Waals surface area (Å²) in [5, 5.41) is 0.953. The maximum absolute atomic E-state index is 12.5. The molecule has 0 spiro atoms. The largest absolute Gasteiger partial charge is 0.465 e. The van der Waals surface area contributed by atoms with E-state index in [9.17, 15) is 4.79 Å². The van der Waals surface area contributed by atoms with Gasteiger partial charge in [-0.2, -0.15) is 0 Å². The zero-order chi connectivity index (χ0) is 26.3. The van der Waals surface area contributed by atoms with E-state index in [1.54, 1.807) is 23.4 Å². The Bertz CT molecular complexity index is 1500. The van der Waals surface area contributed by atoms with Crippen LogP contribution in [0.2, 0.25) is 0 Å². The predicted octanol–water partition coefficient (Wildman–Crippen LogP) is 6.29. The van der Waals surface area contributed by atoms with Gasteiger partial charge in [-0.05, 0) is 73.5 Å². The fourth-order valence-corrected chi connectivity index (χ4v) is 6.38. The molecule has 0 radical (unpaired) electrons. The van der Waals surface area contributed by atoms with E-state index in [0.29, 0.717) is 29.0 Å². The predicted molar refractivity (Wildman–Crippen MR) is 152 cm³/mol. The number of pyridine rings is 1. The van der Waals surface area contributed by atoms with E-state index >= 15 is 0 Å². The molecule has 2 saturated heterocycles. The van der Waals surface area contributed by atoms with E-state index in [2.05, 4.69) is 44.0 Å². The van der Waals surface area contributed by atoms with Crippen LogP contribution in [0.5, 0.6) is 11.5 Å². The molecule has 1 aliphatic carbocycles. The summed E-state index contributed by atoms with van der Waals surface area (Å²) in [4.78, 5) is 25.1. The summed E-state index contributed by atoms with van der Waals surface area (Å²) >= 11 is 0. The number of benzene rings is 2. The third-order valence-electron chi connectivity index (χ3n) is 8.52. The van der Waals surface area contributed by atoms with Crippen molar-refractivity contribution in [3.05, 3.63) is 83.7 Å². The summed E-state index contributed by atoms with van der Waals surface area (Å²) in [5.41, 5.74) is 5.42. The fourth-order valence-electron chi connectivity index (χ4n) is 6.38. The second-order valence-electron chi connectivity index (χ2n) is 11.2. The lowest BCUT2D eigenvalue weighted by Gasteiger charge is -2.44. The first-order chi connectivity index (χ1) is 19.2. The van der Waals surface area contributed by atoms with E-state index in [1.165, 1.54) is 39.3 Å². The van der Waals surface area contributed by atoms with Crippen LogP contribution in [-0.2, 0) is 4.74 Å². The molecule has 7 nitrogen and oxygen atoms in total. The van der Waals surface area contributed by atoms with Gasteiger partial charge in [-0.25, -0.2) is 9.78 Å². The molecule has 1 unspecified atom stereocenters. The summed E-state index contributed by atoms with van der Waals surface area (Å²) < 4.78 is 11.2. The third kappa shape index (κ3) is 4.76. The van der Waals surface area contributed by atoms with Gasteiger partial charge in [0.05, 0.1) is 13.3 Å². The maximum atomic E-state index is 12.5. The van der Waals surface area contributed by atoms with Gasteiger partial charge in [0.15, 0.2) is 0 Å². The Hall–Kier alpha value is -3.84. The average Bonchev–Trinajstić information content (AvgIpc) is 3.50. The second-order valence-corrected chi connectivity index (χ2v) is 11.2. The molecule has 4 aromatic rings. The number of H-pyrrole nitrogens is 1. The van der Waals surface area contributed by atoms with Gasteiger partial charge in [0.25, 0.3) is 0 Å². The molecule has 7 heteroatoms. The van der Waals surface area contributed by atoms with Crippen LogP contribution in [0.4, 0.5) is 5.69 Å². The Kier molecular flexibility index (Phi) is 6.24. The highest BCUT2D eigenvalue weighted by Crippen LogP contribution is 2.46. The minimum atomic E-state index is -0.416. The Balaban J connectivity index is 1.05. The summed E-state index contributed by atoms with van der Waals surface area (Å²) in [6.07, 6.45) is 8.75. The van der Waals surface area contributed by atoms with Crippen LogP contribution in [-0.4, -0.2) is 54.1 Å². The van der Waals surface area contributed by atoms with Gasteiger partial charge in [0.1, 0.15) is 22.7 Å². The lowest BCUT2D eigenvalue weighted by Crippen LogP contribution is -2.51. The monoisotopic (exact) mass is 522 g/mol. The van der Waals surface area contributed by atoms with E-state index in [1.807, 2.05) is 30.5 Å². The minimum absolute atomic E-state index is 0.404. The molecule has 200 valence electrons. The van der Waals surface area contributed by atoms with Crippen molar-refractivity contribution in [1.29, 1.82) is 0 Å². The van der Waals surface area contributed by atoms with Crippen molar-refractivity contribution < 1.29 is 14.3 Å². The summed E-state index contributed by atoms with van der Waals surface area (Å²) in [5.74, 6) is 2.06. The third-order valence-corrected chi connectivity index (χ3v) is 8.52. The first-order valence-electron chi connectivity index (χ1n) is 14.1. The SMILES string of the molecule is COC(=O)c1ccc(N2CC(CN3CCCC3c3ccccc3C3CC3)C2)cc1Oc1cnc2[nH]ccc2c1. The molecule has 0 bridgehead atoms. The first-order valence-corrected chi connectivity index (χ1v) is 14.1. The molecular formula is C32H34N4O3. The van der Waals surface area contributed by atoms with Crippen LogP contribution in [0.15, 0.2) is 67.0 Å². The quantitative estimate of drug-likeness (QED) is 0.274. The number of rotatable bonds is 8. The number of aromatic amines is 1. The molecule has 1 saturated carbocycles. The number of nitrogens with one attached hydrogen (secondary N) is 1. The van der Waals surface area contributed by atoms with Crippen LogP contribution >= 0.6 is 0 Å². The van der Waals surface area contributed by atoms with E-state index < -0.39 is 5.97 Å². The van der Waals surface area contributed by atoms with Crippen molar-refractivity contribution >= 4 is 22.7 Å². The van der Waals surface area contributed by atoms with E-state index in [0.717, 1.165) is 42.3 Å². The summed E-state index contributed by atoms with van der Waals surface area (Å²) in [6, 6.07) is 19.3. The highest BCUT2D eigenvalue weighted by atomic mass is 16.5. The van der Waals surface area contributed by atoms with Crippen molar-refractivity contribution in [2.24, 2.45) is 5.92 Å². The van der Waals surface area contributed by atoms with Gasteiger partial charge >= 0.3 is 5.97 Å². The highest BCUT2D eigenvalue weighted by Gasteiger charge is 2.36. The topological polar surface area (TPSA) is 70.7 Å². The molecule has 4 heterocycles. The van der Waals surface area contributed by atoms with Crippen LogP contribution in [0.1, 0.15) is 59.1 Å². The Labute approximate surface area is 228 Å². The van der Waals surface area contributed by atoms with Gasteiger partial charge < -0.3 is 19.4 Å². The van der Waals surface area contributed by atoms with Gasteiger partial charge in [0.2, 0.25) is 0 Å². The number of hydrogen-bond donors (Lipinski definition) is 1. The molecule has 2 aromatic heterocycles. The minimum Gasteiger partial charge on any atom is -0.465 e. The molecule has 1 atom stereocenters. The van der Waals surface area contributed by atoms with Crippen LogP contribution in [0.3, 0.4) is 0 Å². The van der Waals surface area contributed by atoms with E-state index in [-0.39, 0.29) is 0 Å². The number of methoxy groups -OCH3 is 1. The second kappa shape index (κ2) is 10.0. The number of carbonyl (C=O) groups is 1. The van der Waals surface area contributed by atoms with Crippen LogP contribution in [0, 0.1) is 5.92 Å². The highest BCUT2D eigenvalue weighted by molar-refractivity contribution is 5.93. The number of fused-ring (bicyclic) bond motifs is 1. The Morgan fingerprint density at radius 2 is 1.90 bits per heavy atom. The number of carbonyl (C=O) groups excluding carboxylic acids is 1. The number of nitrogens with zero attached hydrogens (tertiary/aromatic N) is 3.